The summed E-state index contributed by atoms with van der Waals surface area (Å²) in [6, 6.07) is 11.8. The molecule has 4 rings (SSSR count). The van der Waals surface area contributed by atoms with Crippen molar-refractivity contribution in [2.45, 2.75) is 59.5 Å². The van der Waals surface area contributed by atoms with Gasteiger partial charge < -0.3 is 9.80 Å². The fourth-order valence-electron chi connectivity index (χ4n) is 3.90. The number of carbonyl (C=O) groups is 2. The number of benzene rings is 2. The van der Waals surface area contributed by atoms with Gasteiger partial charge in [0.2, 0.25) is 0 Å². The number of rotatable bonds is 2. The Morgan fingerprint density at radius 2 is 1.12 bits per heavy atom. The van der Waals surface area contributed by atoms with Gasteiger partial charge in [0, 0.05) is 54.3 Å². The number of halogens is 4. The zero-order valence-corrected chi connectivity index (χ0v) is 29.0. The molecule has 0 bridgehead atoms. The SMILES string of the molecule is CN(C(=O)c1ncc(C#Cc2cccc(F)c2)cc1F)C(C)(C)C.Cc1cc(C#Cc2cc(F)ccc2F)cnc1C(=O)N(C)C(C)(C)C. The topological polar surface area (TPSA) is 66.4 Å². The van der Waals surface area contributed by atoms with Gasteiger partial charge in [-0.25, -0.2) is 27.5 Å². The maximum atomic E-state index is 14.2. The molecule has 0 atom stereocenters. The number of carbonyl (C=O) groups excluding carboxylic acids is 2. The fourth-order valence-corrected chi connectivity index (χ4v) is 3.90. The van der Waals surface area contributed by atoms with Crippen LogP contribution < -0.4 is 0 Å². The van der Waals surface area contributed by atoms with E-state index in [0.717, 1.165) is 24.3 Å². The Kier molecular flexibility index (Phi) is 12.1. The fraction of sp³-hybridized carbons (Fsp3) is 0.282. The van der Waals surface area contributed by atoms with Crippen molar-refractivity contribution in [1.82, 2.24) is 19.8 Å². The highest BCUT2D eigenvalue weighted by Crippen LogP contribution is 2.18. The van der Waals surface area contributed by atoms with Gasteiger partial charge in [0.25, 0.3) is 11.8 Å². The Bertz CT molecular complexity index is 1990. The molecular formula is C39H38F4N4O2. The minimum absolute atomic E-state index is 0.0229. The Hall–Kier alpha value is -5.48. The first-order valence-corrected chi connectivity index (χ1v) is 15.2. The second-order valence-corrected chi connectivity index (χ2v) is 13.1. The van der Waals surface area contributed by atoms with E-state index in [-0.39, 0.29) is 22.7 Å². The molecule has 0 unspecified atom stereocenters. The summed E-state index contributed by atoms with van der Waals surface area (Å²) in [6.07, 6.45) is 2.79. The first-order chi connectivity index (χ1) is 22.8. The van der Waals surface area contributed by atoms with Crippen molar-refractivity contribution >= 4 is 11.8 Å². The highest BCUT2D eigenvalue weighted by atomic mass is 19.1. The molecule has 0 spiro atoms. The second-order valence-electron chi connectivity index (χ2n) is 13.1. The van der Waals surface area contributed by atoms with Gasteiger partial charge in [0.15, 0.2) is 11.5 Å². The highest BCUT2D eigenvalue weighted by molar-refractivity contribution is 5.94. The van der Waals surface area contributed by atoms with Gasteiger partial charge in [-0.15, -0.1) is 0 Å². The molecule has 2 aromatic carbocycles. The van der Waals surface area contributed by atoms with E-state index in [1.54, 1.807) is 44.1 Å². The van der Waals surface area contributed by atoms with E-state index in [1.807, 2.05) is 41.5 Å². The molecule has 2 aromatic heterocycles. The third-order valence-corrected chi connectivity index (χ3v) is 7.39. The van der Waals surface area contributed by atoms with Crippen molar-refractivity contribution in [3.05, 3.63) is 129 Å². The van der Waals surface area contributed by atoms with Crippen LogP contribution in [0, 0.1) is 53.9 Å². The van der Waals surface area contributed by atoms with Crippen LogP contribution in [0.4, 0.5) is 17.6 Å². The van der Waals surface area contributed by atoms with Crippen molar-refractivity contribution < 1.29 is 27.2 Å². The third kappa shape index (κ3) is 10.5. The third-order valence-electron chi connectivity index (χ3n) is 7.39. The molecule has 0 aliphatic rings. The van der Waals surface area contributed by atoms with Gasteiger partial charge in [0.1, 0.15) is 23.1 Å². The van der Waals surface area contributed by atoms with Crippen LogP contribution in [0.1, 0.15) is 90.3 Å². The molecule has 0 aliphatic heterocycles. The van der Waals surface area contributed by atoms with Crippen LogP contribution in [0.15, 0.2) is 67.0 Å². The van der Waals surface area contributed by atoms with Crippen molar-refractivity contribution in [3.8, 4) is 23.7 Å². The molecule has 0 aliphatic carbocycles. The van der Waals surface area contributed by atoms with Crippen LogP contribution in [-0.4, -0.2) is 56.8 Å². The normalized spacial score (nSPS) is 10.8. The monoisotopic (exact) mass is 670 g/mol. The Balaban J connectivity index is 0.000000266. The number of amides is 2. The van der Waals surface area contributed by atoms with E-state index in [0.29, 0.717) is 27.9 Å². The molecule has 6 nitrogen and oxygen atoms in total. The van der Waals surface area contributed by atoms with Crippen molar-refractivity contribution in [1.29, 1.82) is 0 Å². The first kappa shape index (κ1) is 38.0. The van der Waals surface area contributed by atoms with Crippen LogP contribution >= 0.6 is 0 Å². The largest absolute Gasteiger partial charge is 0.336 e. The lowest BCUT2D eigenvalue weighted by atomic mass is 10.0. The van der Waals surface area contributed by atoms with Gasteiger partial charge in [-0.05, 0) is 103 Å². The summed E-state index contributed by atoms with van der Waals surface area (Å²) in [6.45, 7) is 13.1. The number of pyridine rings is 2. The molecule has 0 saturated heterocycles. The zero-order chi connectivity index (χ0) is 36.7. The van der Waals surface area contributed by atoms with Gasteiger partial charge in [-0.3, -0.25) is 9.59 Å². The average molecular weight is 671 g/mol. The minimum atomic E-state index is -0.734. The number of hydrogen-bond donors (Lipinski definition) is 0. The van der Waals surface area contributed by atoms with Gasteiger partial charge >= 0.3 is 0 Å². The lowest BCUT2D eigenvalue weighted by Gasteiger charge is -2.32. The average Bonchev–Trinajstić information content (AvgIpc) is 3.02. The van der Waals surface area contributed by atoms with Crippen LogP contribution in [0.5, 0.6) is 0 Å². The van der Waals surface area contributed by atoms with Crippen LogP contribution in [0.2, 0.25) is 0 Å². The molecule has 2 heterocycles. The Labute approximate surface area is 285 Å². The van der Waals surface area contributed by atoms with Crippen molar-refractivity contribution in [2.24, 2.45) is 0 Å². The zero-order valence-electron chi connectivity index (χ0n) is 29.0. The summed E-state index contributed by atoms with van der Waals surface area (Å²) in [5, 5.41) is 0. The maximum Gasteiger partial charge on any atom is 0.275 e. The van der Waals surface area contributed by atoms with Crippen LogP contribution in [0.3, 0.4) is 0 Å². The highest BCUT2D eigenvalue weighted by Gasteiger charge is 2.27. The smallest absolute Gasteiger partial charge is 0.275 e. The van der Waals surface area contributed by atoms with E-state index in [1.165, 1.54) is 29.4 Å². The van der Waals surface area contributed by atoms with E-state index in [2.05, 4.69) is 33.6 Å². The van der Waals surface area contributed by atoms with Gasteiger partial charge in [0.05, 0.1) is 5.56 Å². The quantitative estimate of drug-likeness (QED) is 0.163. The Morgan fingerprint density at radius 1 is 0.612 bits per heavy atom. The molecule has 0 N–H and O–H groups in total. The molecule has 0 fully saturated rings. The standard InChI is InChI=1S/C20H20F2N2O.C19H18F2N2O/c1-13-10-14(6-7-15-11-16(21)8-9-17(15)22)12-23-18(13)19(25)24(5)20(2,3)4;1-19(2,3)23(4)18(24)17-16(21)11-14(12-22-17)9-8-13-6-5-7-15(20)10-13/h8-12H,1-5H3;5-7,10-12H,1-4H3. The number of nitrogens with zero attached hydrogens (tertiary/aromatic N) is 4. The lowest BCUT2D eigenvalue weighted by Crippen LogP contribution is -2.43. The first-order valence-electron chi connectivity index (χ1n) is 15.2. The molecule has 0 saturated carbocycles. The molecule has 49 heavy (non-hydrogen) atoms. The van der Waals surface area contributed by atoms with E-state index in [4.69, 9.17) is 0 Å². The molecule has 0 radical (unpaired) electrons. The van der Waals surface area contributed by atoms with E-state index in [9.17, 15) is 27.2 Å². The van der Waals surface area contributed by atoms with Gasteiger partial charge in [-0.2, -0.15) is 0 Å². The molecule has 4 aromatic rings. The summed E-state index contributed by atoms with van der Waals surface area (Å²) in [5.41, 5.74) is 1.30. The Morgan fingerprint density at radius 3 is 1.67 bits per heavy atom. The van der Waals surface area contributed by atoms with Crippen molar-refractivity contribution in [2.75, 3.05) is 14.1 Å². The summed E-state index contributed by atoms with van der Waals surface area (Å²) >= 11 is 0. The number of hydrogen-bond acceptors (Lipinski definition) is 4. The van der Waals surface area contributed by atoms with Gasteiger partial charge in [-0.1, -0.05) is 29.7 Å². The molecule has 254 valence electrons. The second kappa shape index (κ2) is 15.6. The van der Waals surface area contributed by atoms with Crippen LogP contribution in [-0.2, 0) is 0 Å². The minimum Gasteiger partial charge on any atom is -0.336 e. The van der Waals surface area contributed by atoms with E-state index < -0.39 is 34.7 Å². The predicted octanol–water partition coefficient (Wildman–Crippen LogP) is 7.57. The summed E-state index contributed by atoms with van der Waals surface area (Å²) in [5.74, 6) is 7.85. The summed E-state index contributed by atoms with van der Waals surface area (Å²) in [4.78, 5) is 36.0. The molecular weight excluding hydrogens is 632 g/mol. The molecule has 10 heteroatoms. The van der Waals surface area contributed by atoms with E-state index >= 15 is 0 Å². The number of aromatic nitrogens is 2. The molecule has 2 amide bonds. The summed E-state index contributed by atoms with van der Waals surface area (Å²) in [7, 11) is 3.32. The lowest BCUT2D eigenvalue weighted by molar-refractivity contribution is 0.0637. The predicted molar refractivity (Wildman–Crippen MR) is 182 cm³/mol. The number of aryl methyl sites for hydroxylation is 1. The van der Waals surface area contributed by atoms with Crippen molar-refractivity contribution in [3.63, 3.8) is 0 Å². The maximum absolute atomic E-state index is 14.2. The summed E-state index contributed by atoms with van der Waals surface area (Å²) < 4.78 is 54.0. The van der Waals surface area contributed by atoms with Crippen LogP contribution in [0.25, 0.3) is 0 Å².